The lowest BCUT2D eigenvalue weighted by molar-refractivity contribution is 0.0689. The Bertz CT molecular complexity index is 499. The minimum atomic E-state index is -1.04. The molecule has 3 rings (SSSR count). The zero-order valence-corrected chi connectivity index (χ0v) is 12.3. The largest absolute Gasteiger partial charge is 0.476 e. The highest BCUT2D eigenvalue weighted by Crippen LogP contribution is 2.21. The van der Waals surface area contributed by atoms with Gasteiger partial charge in [0.05, 0.1) is 0 Å². The van der Waals surface area contributed by atoms with Gasteiger partial charge < -0.3 is 14.9 Å². The van der Waals surface area contributed by atoms with Gasteiger partial charge in [0.15, 0.2) is 11.5 Å². The highest BCUT2D eigenvalue weighted by molar-refractivity contribution is 5.85. The molecule has 1 unspecified atom stereocenters. The number of likely N-dealkylation sites (N-methyl/N-ethyl adjacent to an activating group) is 1. The lowest BCUT2D eigenvalue weighted by Gasteiger charge is -2.36. The molecule has 3 heterocycles. The fourth-order valence-corrected chi connectivity index (χ4v) is 3.04. The summed E-state index contributed by atoms with van der Waals surface area (Å²) in [5, 5.41) is 16.6. The molecule has 0 amide bonds. The Morgan fingerprint density at radius 3 is 2.57 bits per heavy atom. The van der Waals surface area contributed by atoms with Crippen LogP contribution < -0.4 is 4.90 Å². The van der Waals surface area contributed by atoms with Gasteiger partial charge in [-0.05, 0) is 25.6 Å². The molecule has 2 aliphatic rings. The van der Waals surface area contributed by atoms with Crippen LogP contribution in [0.15, 0.2) is 12.1 Å². The van der Waals surface area contributed by atoms with Gasteiger partial charge in [0.2, 0.25) is 0 Å². The smallest absolute Gasteiger partial charge is 0.356 e. The molecule has 0 radical (unpaired) electrons. The number of carboxylic acid groups (broad SMARTS) is 1. The van der Waals surface area contributed by atoms with E-state index < -0.39 is 5.97 Å². The predicted molar refractivity (Wildman–Crippen MR) is 78.7 cm³/mol. The van der Waals surface area contributed by atoms with Crippen molar-refractivity contribution in [3.05, 3.63) is 17.8 Å². The van der Waals surface area contributed by atoms with Crippen LogP contribution in [-0.2, 0) is 0 Å². The molecule has 1 aromatic rings. The molecule has 0 spiro atoms. The molecule has 0 aliphatic carbocycles. The number of aromatic nitrogens is 2. The van der Waals surface area contributed by atoms with E-state index in [0.717, 1.165) is 51.5 Å². The van der Waals surface area contributed by atoms with Crippen molar-refractivity contribution < 1.29 is 9.90 Å². The van der Waals surface area contributed by atoms with Gasteiger partial charge in [-0.25, -0.2) is 4.79 Å². The van der Waals surface area contributed by atoms with Crippen LogP contribution in [0.2, 0.25) is 0 Å². The lowest BCUT2D eigenvalue weighted by Crippen LogP contribution is -2.49. The van der Waals surface area contributed by atoms with Crippen LogP contribution in [0.5, 0.6) is 0 Å². The van der Waals surface area contributed by atoms with Gasteiger partial charge in [-0.15, -0.1) is 10.2 Å². The summed E-state index contributed by atoms with van der Waals surface area (Å²) in [6, 6.07) is 3.84. The Morgan fingerprint density at radius 1 is 1.19 bits per heavy atom. The Morgan fingerprint density at radius 2 is 1.95 bits per heavy atom. The quantitative estimate of drug-likeness (QED) is 0.840. The lowest BCUT2D eigenvalue weighted by atomic mass is 10.2. The molecule has 114 valence electrons. The van der Waals surface area contributed by atoms with Crippen molar-refractivity contribution in [1.29, 1.82) is 0 Å². The van der Waals surface area contributed by atoms with Gasteiger partial charge in [-0.1, -0.05) is 0 Å². The molecule has 2 fully saturated rings. The van der Waals surface area contributed by atoms with Crippen molar-refractivity contribution in [3.8, 4) is 0 Å². The number of anilines is 1. The third kappa shape index (κ3) is 3.14. The third-order valence-corrected chi connectivity index (χ3v) is 4.41. The van der Waals surface area contributed by atoms with Crippen LogP contribution >= 0.6 is 0 Å². The van der Waals surface area contributed by atoms with Crippen molar-refractivity contribution >= 4 is 11.8 Å². The van der Waals surface area contributed by atoms with Gasteiger partial charge >= 0.3 is 5.97 Å². The first-order chi connectivity index (χ1) is 10.1. The first-order valence-electron chi connectivity index (χ1n) is 7.38. The summed E-state index contributed by atoms with van der Waals surface area (Å²) in [5.74, 6) is -0.262. The second-order valence-corrected chi connectivity index (χ2v) is 5.81. The van der Waals surface area contributed by atoms with E-state index in [1.807, 2.05) is 0 Å². The van der Waals surface area contributed by atoms with Gasteiger partial charge in [-0.2, -0.15) is 0 Å². The van der Waals surface area contributed by atoms with Gasteiger partial charge in [0, 0.05) is 45.3 Å². The topological polar surface area (TPSA) is 72.8 Å². The normalized spacial score (nSPS) is 24.4. The summed E-state index contributed by atoms with van der Waals surface area (Å²) < 4.78 is 0. The van der Waals surface area contributed by atoms with Crippen LogP contribution in [-0.4, -0.2) is 83.4 Å². The highest BCUT2D eigenvalue weighted by Gasteiger charge is 2.30. The molecule has 1 aromatic heterocycles. The Kier molecular flexibility index (Phi) is 4.03. The van der Waals surface area contributed by atoms with Crippen molar-refractivity contribution in [2.24, 2.45) is 0 Å². The first-order valence-corrected chi connectivity index (χ1v) is 7.38. The second kappa shape index (κ2) is 5.95. The molecule has 0 aromatic carbocycles. The first kappa shape index (κ1) is 14.2. The summed E-state index contributed by atoms with van der Waals surface area (Å²) in [7, 11) is 2.16. The SMILES string of the molecule is CN1CCN(C2CCN(c3ccc(C(=O)O)nn3)C2)CC1. The Labute approximate surface area is 124 Å². The number of carboxylic acids is 1. The number of nitrogens with zero attached hydrogens (tertiary/aromatic N) is 5. The standard InChI is InChI=1S/C14H21N5O2/c1-17-6-8-18(9-7-17)11-4-5-19(10-11)13-3-2-12(14(20)21)15-16-13/h2-3,11H,4-10H2,1H3,(H,20,21). The molecular weight excluding hydrogens is 270 g/mol. The van der Waals surface area contributed by atoms with Crippen molar-refractivity contribution in [1.82, 2.24) is 20.0 Å². The summed E-state index contributed by atoms with van der Waals surface area (Å²) in [6.45, 7) is 6.41. The number of rotatable bonds is 3. The molecular formula is C14H21N5O2. The molecule has 7 nitrogen and oxygen atoms in total. The number of aromatic carboxylic acids is 1. The average molecular weight is 291 g/mol. The summed E-state index contributed by atoms with van der Waals surface area (Å²) in [6.07, 6.45) is 1.13. The van der Waals surface area contributed by atoms with Gasteiger partial charge in [-0.3, -0.25) is 4.90 Å². The molecule has 0 saturated carbocycles. The third-order valence-electron chi connectivity index (χ3n) is 4.41. The van der Waals surface area contributed by atoms with E-state index in [-0.39, 0.29) is 5.69 Å². The minimum absolute atomic E-state index is 0.00596. The van der Waals surface area contributed by atoms with E-state index in [2.05, 4.69) is 31.9 Å². The maximum atomic E-state index is 10.8. The van der Waals surface area contributed by atoms with Gasteiger partial charge in [0.1, 0.15) is 0 Å². The fourth-order valence-electron chi connectivity index (χ4n) is 3.04. The Balaban J connectivity index is 1.60. The molecule has 7 heteroatoms. The second-order valence-electron chi connectivity index (χ2n) is 5.81. The highest BCUT2D eigenvalue weighted by atomic mass is 16.4. The maximum absolute atomic E-state index is 10.8. The van der Waals surface area contributed by atoms with Crippen molar-refractivity contribution in [2.75, 3.05) is 51.2 Å². The molecule has 2 saturated heterocycles. The molecule has 0 bridgehead atoms. The zero-order valence-electron chi connectivity index (χ0n) is 12.3. The molecule has 21 heavy (non-hydrogen) atoms. The summed E-state index contributed by atoms with van der Waals surface area (Å²) >= 11 is 0. The monoisotopic (exact) mass is 291 g/mol. The molecule has 1 N–H and O–H groups in total. The predicted octanol–water partition coefficient (Wildman–Crippen LogP) is 0.000900. The van der Waals surface area contributed by atoms with E-state index >= 15 is 0 Å². The molecule has 1 atom stereocenters. The van der Waals surface area contributed by atoms with Crippen LogP contribution in [0.25, 0.3) is 0 Å². The van der Waals surface area contributed by atoms with Crippen LogP contribution in [0, 0.1) is 0 Å². The van der Waals surface area contributed by atoms with E-state index in [1.54, 1.807) is 6.07 Å². The average Bonchev–Trinajstić information content (AvgIpc) is 2.98. The van der Waals surface area contributed by atoms with Crippen LogP contribution in [0.1, 0.15) is 16.9 Å². The summed E-state index contributed by atoms with van der Waals surface area (Å²) in [5.41, 5.74) is -0.00596. The van der Waals surface area contributed by atoms with E-state index in [9.17, 15) is 4.79 Å². The van der Waals surface area contributed by atoms with E-state index in [4.69, 9.17) is 5.11 Å². The maximum Gasteiger partial charge on any atom is 0.356 e. The fraction of sp³-hybridized carbons (Fsp3) is 0.643. The number of hydrogen-bond donors (Lipinski definition) is 1. The zero-order chi connectivity index (χ0) is 14.8. The number of carbonyl (C=O) groups is 1. The van der Waals surface area contributed by atoms with E-state index in [0.29, 0.717) is 6.04 Å². The number of hydrogen-bond acceptors (Lipinski definition) is 6. The van der Waals surface area contributed by atoms with Gasteiger partial charge in [0.25, 0.3) is 0 Å². The number of piperazine rings is 1. The van der Waals surface area contributed by atoms with Crippen molar-refractivity contribution in [3.63, 3.8) is 0 Å². The van der Waals surface area contributed by atoms with Crippen LogP contribution in [0.3, 0.4) is 0 Å². The molecule has 2 aliphatic heterocycles. The van der Waals surface area contributed by atoms with Crippen molar-refractivity contribution in [2.45, 2.75) is 12.5 Å². The minimum Gasteiger partial charge on any atom is -0.476 e. The summed E-state index contributed by atoms with van der Waals surface area (Å²) in [4.78, 5) is 17.9. The Hall–Kier alpha value is -1.73. The van der Waals surface area contributed by atoms with Crippen LogP contribution in [0.4, 0.5) is 5.82 Å². The van der Waals surface area contributed by atoms with E-state index in [1.165, 1.54) is 6.07 Å².